The molecule has 0 N–H and O–H groups in total. The molecule has 2 aromatic rings. The third-order valence-corrected chi connectivity index (χ3v) is 1.39. The van der Waals surface area contributed by atoms with Crippen LogP contribution in [0.2, 0.25) is 5.15 Å². The van der Waals surface area contributed by atoms with E-state index >= 15 is 0 Å². The zero-order valence-electron chi connectivity index (χ0n) is 5.81. The van der Waals surface area contributed by atoms with Crippen molar-refractivity contribution in [2.45, 2.75) is 0 Å². The molecule has 0 bridgehead atoms. The van der Waals surface area contributed by atoms with Crippen molar-refractivity contribution in [1.29, 1.82) is 0 Å². The first-order chi connectivity index (χ1) is 5.86. The standard InChI is InChI=1S/C6H3ClN4O/c7-4-1-2-8-5(10-4)6-9-3-12-11-6/h1-3H. The minimum Gasteiger partial charge on any atom is -0.342 e. The molecule has 5 nitrogen and oxygen atoms in total. The SMILES string of the molecule is Clc1ccnc(-c2ncon2)n1. The highest BCUT2D eigenvalue weighted by atomic mass is 35.5. The van der Waals surface area contributed by atoms with Gasteiger partial charge in [0, 0.05) is 6.20 Å². The summed E-state index contributed by atoms with van der Waals surface area (Å²) in [6.45, 7) is 0. The van der Waals surface area contributed by atoms with Gasteiger partial charge in [-0.25, -0.2) is 9.97 Å². The van der Waals surface area contributed by atoms with E-state index in [-0.39, 0.29) is 0 Å². The van der Waals surface area contributed by atoms with Gasteiger partial charge < -0.3 is 4.52 Å². The van der Waals surface area contributed by atoms with Crippen molar-refractivity contribution in [2.24, 2.45) is 0 Å². The first-order valence-corrected chi connectivity index (χ1v) is 3.49. The van der Waals surface area contributed by atoms with Crippen LogP contribution in [0.5, 0.6) is 0 Å². The molecule has 2 rings (SSSR count). The van der Waals surface area contributed by atoms with Gasteiger partial charge in [0.05, 0.1) is 0 Å². The van der Waals surface area contributed by atoms with Crippen LogP contribution in [0.25, 0.3) is 11.6 Å². The van der Waals surface area contributed by atoms with Crippen LogP contribution in [0.1, 0.15) is 0 Å². The molecule has 2 heterocycles. The molecular formula is C6H3ClN4O. The Balaban J connectivity index is 2.48. The Hall–Kier alpha value is -1.49. The zero-order valence-corrected chi connectivity index (χ0v) is 6.56. The molecule has 0 atom stereocenters. The normalized spacial score (nSPS) is 10.1. The van der Waals surface area contributed by atoms with Crippen LogP contribution in [0.3, 0.4) is 0 Å². The summed E-state index contributed by atoms with van der Waals surface area (Å²) in [4.78, 5) is 11.6. The largest absolute Gasteiger partial charge is 0.342 e. The minimum absolute atomic E-state index is 0.331. The maximum absolute atomic E-state index is 5.62. The molecule has 0 fully saturated rings. The van der Waals surface area contributed by atoms with Crippen molar-refractivity contribution in [3.8, 4) is 11.6 Å². The van der Waals surface area contributed by atoms with Crippen molar-refractivity contribution in [2.75, 3.05) is 0 Å². The maximum Gasteiger partial charge on any atom is 0.240 e. The molecule has 0 aliphatic heterocycles. The lowest BCUT2D eigenvalue weighted by molar-refractivity contribution is 0.418. The Morgan fingerprint density at radius 3 is 2.83 bits per heavy atom. The quantitative estimate of drug-likeness (QED) is 0.620. The Morgan fingerprint density at radius 2 is 2.17 bits per heavy atom. The van der Waals surface area contributed by atoms with E-state index in [2.05, 4.69) is 24.6 Å². The Kier molecular flexibility index (Phi) is 1.71. The van der Waals surface area contributed by atoms with Crippen molar-refractivity contribution in [3.63, 3.8) is 0 Å². The van der Waals surface area contributed by atoms with Gasteiger partial charge in [-0.1, -0.05) is 16.8 Å². The number of rotatable bonds is 1. The van der Waals surface area contributed by atoms with Crippen LogP contribution in [0.15, 0.2) is 23.2 Å². The van der Waals surface area contributed by atoms with E-state index in [0.29, 0.717) is 16.8 Å². The molecule has 0 radical (unpaired) electrons. The molecule has 0 unspecified atom stereocenters. The van der Waals surface area contributed by atoms with Crippen LogP contribution in [0, 0.1) is 0 Å². The molecule has 60 valence electrons. The Labute approximate surface area is 72.4 Å². The zero-order chi connectivity index (χ0) is 8.39. The fourth-order valence-electron chi connectivity index (χ4n) is 0.714. The summed E-state index contributed by atoms with van der Waals surface area (Å²) in [6.07, 6.45) is 2.74. The molecule has 12 heavy (non-hydrogen) atoms. The lowest BCUT2D eigenvalue weighted by Crippen LogP contribution is -1.89. The molecule has 0 aliphatic carbocycles. The summed E-state index contributed by atoms with van der Waals surface area (Å²) < 4.78 is 4.52. The molecule has 0 amide bonds. The van der Waals surface area contributed by atoms with Crippen molar-refractivity contribution in [3.05, 3.63) is 23.8 Å². The lowest BCUT2D eigenvalue weighted by atomic mass is 10.5. The average molecular weight is 183 g/mol. The number of hydrogen-bond donors (Lipinski definition) is 0. The van der Waals surface area contributed by atoms with Gasteiger partial charge in [0.15, 0.2) is 0 Å². The van der Waals surface area contributed by atoms with Gasteiger partial charge >= 0.3 is 0 Å². The lowest BCUT2D eigenvalue weighted by Gasteiger charge is -1.91. The highest BCUT2D eigenvalue weighted by Crippen LogP contribution is 2.10. The summed E-state index contributed by atoms with van der Waals surface area (Å²) in [7, 11) is 0. The molecule has 6 heteroatoms. The van der Waals surface area contributed by atoms with E-state index in [4.69, 9.17) is 11.6 Å². The number of nitrogens with zero attached hydrogens (tertiary/aromatic N) is 4. The van der Waals surface area contributed by atoms with E-state index < -0.39 is 0 Å². The number of hydrogen-bond acceptors (Lipinski definition) is 5. The van der Waals surface area contributed by atoms with Crippen molar-refractivity contribution >= 4 is 11.6 Å². The molecule has 0 aliphatic rings. The van der Waals surface area contributed by atoms with E-state index in [9.17, 15) is 0 Å². The maximum atomic E-state index is 5.62. The second-order valence-corrected chi connectivity index (χ2v) is 2.35. The van der Waals surface area contributed by atoms with Crippen LogP contribution >= 0.6 is 11.6 Å². The first-order valence-electron chi connectivity index (χ1n) is 3.11. The Morgan fingerprint density at radius 1 is 1.25 bits per heavy atom. The summed E-state index contributed by atoms with van der Waals surface area (Å²) in [6, 6.07) is 1.57. The average Bonchev–Trinajstić information content (AvgIpc) is 2.56. The molecule has 0 spiro atoms. The predicted molar refractivity (Wildman–Crippen MR) is 40.3 cm³/mol. The summed E-state index contributed by atoms with van der Waals surface area (Å²) in [5.74, 6) is 0.689. The second kappa shape index (κ2) is 2.86. The molecular weight excluding hydrogens is 180 g/mol. The predicted octanol–water partition coefficient (Wildman–Crippen LogP) is 1.18. The van der Waals surface area contributed by atoms with Crippen LogP contribution in [0.4, 0.5) is 0 Å². The smallest absolute Gasteiger partial charge is 0.240 e. The number of halogens is 1. The molecule has 0 saturated carbocycles. The van der Waals surface area contributed by atoms with E-state index in [0.717, 1.165) is 0 Å². The van der Waals surface area contributed by atoms with Gasteiger partial charge in [-0.15, -0.1) is 0 Å². The van der Waals surface area contributed by atoms with E-state index in [1.54, 1.807) is 6.07 Å². The summed E-state index contributed by atoms with van der Waals surface area (Å²) in [5.41, 5.74) is 0. The third-order valence-electron chi connectivity index (χ3n) is 1.18. The minimum atomic E-state index is 0.331. The van der Waals surface area contributed by atoms with E-state index in [1.807, 2.05) is 0 Å². The molecule has 0 aromatic carbocycles. The van der Waals surface area contributed by atoms with Gasteiger partial charge in [-0.05, 0) is 6.07 Å². The van der Waals surface area contributed by atoms with Gasteiger partial charge in [-0.3, -0.25) is 0 Å². The topological polar surface area (TPSA) is 64.7 Å². The second-order valence-electron chi connectivity index (χ2n) is 1.96. The summed E-state index contributed by atoms with van der Waals surface area (Å²) in [5, 5.41) is 3.91. The first kappa shape index (κ1) is 7.17. The molecule has 2 aromatic heterocycles. The monoisotopic (exact) mass is 182 g/mol. The number of aromatic nitrogens is 4. The van der Waals surface area contributed by atoms with Crippen LogP contribution in [-0.2, 0) is 0 Å². The van der Waals surface area contributed by atoms with Crippen LogP contribution < -0.4 is 0 Å². The summed E-state index contributed by atoms with van der Waals surface area (Å²) >= 11 is 5.62. The van der Waals surface area contributed by atoms with Crippen molar-refractivity contribution < 1.29 is 4.52 Å². The highest BCUT2D eigenvalue weighted by Gasteiger charge is 2.05. The highest BCUT2D eigenvalue weighted by molar-refractivity contribution is 6.29. The van der Waals surface area contributed by atoms with Gasteiger partial charge in [0.1, 0.15) is 5.15 Å². The fraction of sp³-hybridized carbons (Fsp3) is 0. The third kappa shape index (κ3) is 1.26. The Bertz CT molecular complexity index is 375. The fourth-order valence-corrected chi connectivity index (χ4v) is 0.850. The molecule has 0 saturated heterocycles. The van der Waals surface area contributed by atoms with Gasteiger partial charge in [0.2, 0.25) is 18.0 Å². The van der Waals surface area contributed by atoms with Crippen molar-refractivity contribution in [1.82, 2.24) is 20.1 Å². The van der Waals surface area contributed by atoms with Gasteiger partial charge in [-0.2, -0.15) is 4.98 Å². The van der Waals surface area contributed by atoms with Gasteiger partial charge in [0.25, 0.3) is 0 Å². The van der Waals surface area contributed by atoms with Crippen LogP contribution in [-0.4, -0.2) is 20.1 Å². The van der Waals surface area contributed by atoms with E-state index in [1.165, 1.54) is 12.6 Å².